The van der Waals surface area contributed by atoms with Gasteiger partial charge in [-0.25, -0.2) is 0 Å². The van der Waals surface area contributed by atoms with Gasteiger partial charge in [-0.3, -0.25) is 4.79 Å². The van der Waals surface area contributed by atoms with E-state index in [1.165, 1.54) is 14.1 Å². The zero-order chi connectivity index (χ0) is 14.0. The van der Waals surface area contributed by atoms with Crippen molar-refractivity contribution in [2.45, 2.75) is 19.4 Å². The molecule has 104 valence electrons. The normalized spacial score (nSPS) is 15.2. The molecule has 0 aliphatic carbocycles. The minimum absolute atomic E-state index is 0.0218. The molecule has 2 rings (SSSR count). The molecule has 0 radical (unpaired) electrons. The topological polar surface area (TPSA) is 78.5 Å². The maximum absolute atomic E-state index is 11.6. The molecule has 1 aromatic rings. The Morgan fingerprint density at radius 3 is 2.74 bits per heavy atom. The Morgan fingerprint density at radius 2 is 2.05 bits per heavy atom. The van der Waals surface area contributed by atoms with Crippen LogP contribution < -0.4 is 10.0 Å². The SMILES string of the molecule is CN(C)S(=O)(=O)NCc1ccc2c(c1)CCC(=O)N2. The summed E-state index contributed by atoms with van der Waals surface area (Å²) < 4.78 is 26.8. The van der Waals surface area contributed by atoms with Crippen LogP contribution in [0.2, 0.25) is 0 Å². The van der Waals surface area contributed by atoms with E-state index in [1.807, 2.05) is 18.2 Å². The lowest BCUT2D eigenvalue weighted by atomic mass is 10.0. The van der Waals surface area contributed by atoms with Crippen LogP contribution in [-0.2, 0) is 28.0 Å². The number of benzene rings is 1. The van der Waals surface area contributed by atoms with E-state index in [9.17, 15) is 13.2 Å². The van der Waals surface area contributed by atoms with Gasteiger partial charge in [-0.05, 0) is 23.6 Å². The number of nitrogens with one attached hydrogen (secondary N) is 2. The van der Waals surface area contributed by atoms with Crippen molar-refractivity contribution in [1.29, 1.82) is 0 Å². The number of anilines is 1. The van der Waals surface area contributed by atoms with E-state index in [1.54, 1.807) is 0 Å². The first-order valence-corrected chi connectivity index (χ1v) is 7.41. The summed E-state index contributed by atoms with van der Waals surface area (Å²) in [6.45, 7) is 0.238. The predicted molar refractivity (Wildman–Crippen MR) is 72.8 cm³/mol. The highest BCUT2D eigenvalue weighted by Crippen LogP contribution is 2.23. The van der Waals surface area contributed by atoms with E-state index < -0.39 is 10.2 Å². The van der Waals surface area contributed by atoms with Gasteiger partial charge in [0.25, 0.3) is 10.2 Å². The van der Waals surface area contributed by atoms with Gasteiger partial charge in [-0.1, -0.05) is 12.1 Å². The van der Waals surface area contributed by atoms with Crippen molar-refractivity contribution < 1.29 is 13.2 Å². The molecular weight excluding hydrogens is 266 g/mol. The number of hydrogen-bond donors (Lipinski definition) is 2. The van der Waals surface area contributed by atoms with Crippen LogP contribution >= 0.6 is 0 Å². The van der Waals surface area contributed by atoms with Crippen molar-refractivity contribution in [3.63, 3.8) is 0 Å². The van der Waals surface area contributed by atoms with Crippen molar-refractivity contribution in [2.75, 3.05) is 19.4 Å². The summed E-state index contributed by atoms with van der Waals surface area (Å²) in [6.07, 6.45) is 1.16. The fraction of sp³-hybridized carbons (Fsp3) is 0.417. The molecule has 1 aromatic carbocycles. The van der Waals surface area contributed by atoms with Gasteiger partial charge in [0.15, 0.2) is 0 Å². The highest BCUT2D eigenvalue weighted by atomic mass is 32.2. The standard InChI is InChI=1S/C12H17N3O3S/c1-15(2)19(17,18)13-8-9-3-5-11-10(7-9)4-6-12(16)14-11/h3,5,7,13H,4,6,8H2,1-2H3,(H,14,16). The summed E-state index contributed by atoms with van der Waals surface area (Å²) in [6, 6.07) is 5.54. The van der Waals surface area contributed by atoms with Gasteiger partial charge in [-0.15, -0.1) is 0 Å². The molecule has 0 saturated carbocycles. The van der Waals surface area contributed by atoms with E-state index in [-0.39, 0.29) is 12.5 Å². The summed E-state index contributed by atoms with van der Waals surface area (Å²) in [5.74, 6) is 0.0218. The smallest absolute Gasteiger partial charge is 0.279 e. The largest absolute Gasteiger partial charge is 0.326 e. The van der Waals surface area contributed by atoms with E-state index in [4.69, 9.17) is 0 Å². The number of carbonyl (C=O) groups is 1. The number of aryl methyl sites for hydroxylation is 1. The van der Waals surface area contributed by atoms with Crippen LogP contribution in [0.1, 0.15) is 17.5 Å². The van der Waals surface area contributed by atoms with E-state index in [0.29, 0.717) is 12.8 Å². The summed E-state index contributed by atoms with van der Waals surface area (Å²) >= 11 is 0. The van der Waals surface area contributed by atoms with Crippen LogP contribution in [0.15, 0.2) is 18.2 Å². The molecule has 7 heteroatoms. The number of fused-ring (bicyclic) bond motifs is 1. The summed E-state index contributed by atoms with van der Waals surface area (Å²) in [5.41, 5.74) is 2.73. The van der Waals surface area contributed by atoms with Crippen LogP contribution in [0.3, 0.4) is 0 Å². The van der Waals surface area contributed by atoms with Crippen molar-refractivity contribution >= 4 is 21.8 Å². The molecule has 0 spiro atoms. The van der Waals surface area contributed by atoms with Crippen molar-refractivity contribution in [3.8, 4) is 0 Å². The lowest BCUT2D eigenvalue weighted by molar-refractivity contribution is -0.116. The van der Waals surface area contributed by atoms with Crippen molar-refractivity contribution in [1.82, 2.24) is 9.03 Å². The van der Waals surface area contributed by atoms with Crippen LogP contribution in [0.5, 0.6) is 0 Å². The number of nitrogens with zero attached hydrogens (tertiary/aromatic N) is 1. The Bertz CT molecular complexity index is 596. The van der Waals surface area contributed by atoms with Gasteiger partial charge >= 0.3 is 0 Å². The molecule has 1 amide bonds. The number of rotatable bonds is 4. The molecule has 1 aliphatic rings. The lowest BCUT2D eigenvalue weighted by Gasteiger charge is -2.18. The molecule has 0 saturated heterocycles. The van der Waals surface area contributed by atoms with Crippen LogP contribution in [-0.4, -0.2) is 32.7 Å². The quantitative estimate of drug-likeness (QED) is 0.843. The van der Waals surface area contributed by atoms with E-state index in [0.717, 1.165) is 21.1 Å². The van der Waals surface area contributed by atoms with Gasteiger partial charge in [0, 0.05) is 32.7 Å². The molecule has 6 nitrogen and oxygen atoms in total. The first-order valence-electron chi connectivity index (χ1n) is 5.97. The average molecular weight is 283 g/mol. The van der Waals surface area contributed by atoms with Gasteiger partial charge in [-0.2, -0.15) is 17.4 Å². The Kier molecular flexibility index (Phi) is 3.88. The predicted octanol–water partition coefficient (Wildman–Crippen LogP) is 0.467. The summed E-state index contributed by atoms with van der Waals surface area (Å²) in [4.78, 5) is 11.2. The van der Waals surface area contributed by atoms with Gasteiger partial charge in [0.05, 0.1) is 0 Å². The Morgan fingerprint density at radius 1 is 1.32 bits per heavy atom. The monoisotopic (exact) mass is 283 g/mol. The Labute approximate surface area is 113 Å². The summed E-state index contributed by atoms with van der Waals surface area (Å²) in [7, 11) is -0.459. The second-order valence-electron chi connectivity index (χ2n) is 4.65. The van der Waals surface area contributed by atoms with Crippen LogP contribution in [0, 0.1) is 0 Å². The highest BCUT2D eigenvalue weighted by molar-refractivity contribution is 7.87. The Hall–Kier alpha value is -1.44. The molecule has 0 fully saturated rings. The molecule has 1 heterocycles. The van der Waals surface area contributed by atoms with Gasteiger partial charge < -0.3 is 5.32 Å². The second kappa shape index (κ2) is 5.28. The third-order valence-electron chi connectivity index (χ3n) is 3.00. The zero-order valence-electron chi connectivity index (χ0n) is 10.9. The van der Waals surface area contributed by atoms with E-state index in [2.05, 4.69) is 10.0 Å². The van der Waals surface area contributed by atoms with Crippen molar-refractivity contribution in [2.24, 2.45) is 0 Å². The van der Waals surface area contributed by atoms with Gasteiger partial charge in [0.2, 0.25) is 5.91 Å². The molecule has 0 aromatic heterocycles. The van der Waals surface area contributed by atoms with Gasteiger partial charge in [0.1, 0.15) is 0 Å². The molecule has 0 bridgehead atoms. The maximum atomic E-state index is 11.6. The molecular formula is C12H17N3O3S. The molecule has 0 atom stereocenters. The lowest BCUT2D eigenvalue weighted by Crippen LogP contribution is -2.35. The van der Waals surface area contributed by atoms with Crippen LogP contribution in [0.25, 0.3) is 0 Å². The van der Waals surface area contributed by atoms with E-state index >= 15 is 0 Å². The van der Waals surface area contributed by atoms with Crippen LogP contribution in [0.4, 0.5) is 5.69 Å². The zero-order valence-corrected chi connectivity index (χ0v) is 11.8. The average Bonchev–Trinajstić information content (AvgIpc) is 2.36. The Balaban J connectivity index is 2.09. The maximum Gasteiger partial charge on any atom is 0.279 e. The third kappa shape index (κ3) is 3.31. The minimum Gasteiger partial charge on any atom is -0.326 e. The molecule has 19 heavy (non-hydrogen) atoms. The number of hydrogen-bond acceptors (Lipinski definition) is 3. The molecule has 2 N–H and O–H groups in total. The highest BCUT2D eigenvalue weighted by Gasteiger charge is 2.16. The molecule has 0 unspecified atom stereocenters. The fourth-order valence-corrected chi connectivity index (χ4v) is 2.46. The fourth-order valence-electron chi connectivity index (χ4n) is 1.85. The summed E-state index contributed by atoms with van der Waals surface area (Å²) in [5, 5.41) is 2.79. The minimum atomic E-state index is -3.41. The second-order valence-corrected chi connectivity index (χ2v) is 6.62. The third-order valence-corrected chi connectivity index (χ3v) is 4.48. The number of amides is 1. The molecule has 1 aliphatic heterocycles. The van der Waals surface area contributed by atoms with Crippen molar-refractivity contribution in [3.05, 3.63) is 29.3 Å². The first-order chi connectivity index (χ1) is 8.88. The number of carbonyl (C=O) groups excluding carboxylic acids is 1. The first kappa shape index (κ1) is 14.0.